The molecule has 1 amide bonds. The zero-order chi connectivity index (χ0) is 20.0. The first-order valence-corrected chi connectivity index (χ1v) is 8.67. The van der Waals surface area contributed by atoms with Gasteiger partial charge >= 0.3 is 0 Å². The second kappa shape index (κ2) is 6.30. The summed E-state index contributed by atoms with van der Waals surface area (Å²) in [6, 6.07) is 11.9. The van der Waals surface area contributed by atoms with E-state index in [9.17, 15) is 13.6 Å². The lowest BCUT2D eigenvalue weighted by Gasteiger charge is -2.41. The van der Waals surface area contributed by atoms with Gasteiger partial charge in [-0.25, -0.2) is 4.39 Å². The monoisotopic (exact) mass is 375 g/mol. The van der Waals surface area contributed by atoms with Crippen molar-refractivity contribution in [3.63, 3.8) is 0 Å². The minimum absolute atomic E-state index is 0.183. The highest BCUT2D eigenvalue weighted by Gasteiger charge is 2.63. The molecule has 1 aliphatic heterocycles. The van der Waals surface area contributed by atoms with Crippen molar-refractivity contribution in [2.24, 2.45) is 5.73 Å². The highest BCUT2D eigenvalue weighted by atomic mass is 19.2. The zero-order valence-corrected chi connectivity index (χ0v) is 15.8. The van der Waals surface area contributed by atoms with Crippen LogP contribution in [0.3, 0.4) is 0 Å². The Bertz CT molecular complexity index is 888. The maximum absolute atomic E-state index is 14.5. The maximum Gasteiger partial charge on any atom is 0.249 e. The summed E-state index contributed by atoms with van der Waals surface area (Å²) >= 11 is 0. The van der Waals surface area contributed by atoms with Gasteiger partial charge in [-0.2, -0.15) is 4.39 Å². The molecule has 6 heteroatoms. The van der Waals surface area contributed by atoms with Crippen molar-refractivity contribution in [3.05, 3.63) is 65.2 Å². The number of ether oxygens (including phenoxy) is 2. The lowest BCUT2D eigenvalue weighted by Crippen LogP contribution is -2.43. The lowest BCUT2D eigenvalue weighted by molar-refractivity contribution is -0.151. The summed E-state index contributed by atoms with van der Waals surface area (Å²) in [6.45, 7) is 5.30. The summed E-state index contributed by atoms with van der Waals surface area (Å²) in [5, 5.41) is 0. The molecule has 1 aliphatic rings. The molecule has 0 radical (unpaired) electrons. The van der Waals surface area contributed by atoms with Crippen molar-refractivity contribution < 1.29 is 23.0 Å². The van der Waals surface area contributed by atoms with E-state index in [0.29, 0.717) is 5.56 Å². The number of carbonyl (C=O) groups excluding carboxylic acids is 1. The maximum atomic E-state index is 14.5. The van der Waals surface area contributed by atoms with E-state index in [-0.39, 0.29) is 12.2 Å². The van der Waals surface area contributed by atoms with E-state index in [1.807, 2.05) is 44.2 Å². The minimum atomic E-state index is -1.28. The first-order chi connectivity index (χ1) is 12.6. The van der Waals surface area contributed by atoms with Gasteiger partial charge in [0, 0.05) is 11.0 Å². The molecular weight excluding hydrogens is 352 g/mol. The van der Waals surface area contributed by atoms with Crippen molar-refractivity contribution in [1.82, 2.24) is 0 Å². The van der Waals surface area contributed by atoms with Crippen LogP contribution in [0.1, 0.15) is 38.3 Å². The molecule has 3 atom stereocenters. The normalized spacial score (nSPS) is 30.3. The Morgan fingerprint density at radius 1 is 1.11 bits per heavy atom. The fraction of sp³-hybridized carbons (Fsp3) is 0.381. The Kier molecular flexibility index (Phi) is 4.50. The van der Waals surface area contributed by atoms with Crippen molar-refractivity contribution in [2.45, 2.75) is 43.8 Å². The van der Waals surface area contributed by atoms with Crippen LogP contribution in [-0.4, -0.2) is 18.6 Å². The average Bonchev–Trinajstić information content (AvgIpc) is 2.86. The molecule has 0 saturated carbocycles. The number of primary amides is 1. The van der Waals surface area contributed by atoms with Crippen molar-refractivity contribution in [3.8, 4) is 5.75 Å². The molecule has 2 N–H and O–H groups in total. The Morgan fingerprint density at radius 2 is 1.74 bits per heavy atom. The van der Waals surface area contributed by atoms with Crippen LogP contribution in [0.5, 0.6) is 5.75 Å². The molecule has 3 unspecified atom stereocenters. The number of halogens is 2. The first kappa shape index (κ1) is 19.3. The van der Waals surface area contributed by atoms with E-state index in [0.717, 1.165) is 11.6 Å². The second-order valence-electron chi connectivity index (χ2n) is 7.55. The molecule has 3 rings (SSSR count). The van der Waals surface area contributed by atoms with Crippen LogP contribution in [0.25, 0.3) is 0 Å². The van der Waals surface area contributed by atoms with Gasteiger partial charge < -0.3 is 15.2 Å². The SMILES string of the molecule is COc1c(C2(C)CC(C)(C(N)=O)OC2(C)c2ccccc2)ccc(F)c1F. The van der Waals surface area contributed by atoms with E-state index in [1.165, 1.54) is 13.2 Å². The van der Waals surface area contributed by atoms with Gasteiger partial charge in [-0.1, -0.05) is 43.3 Å². The molecule has 0 spiro atoms. The molecule has 0 aliphatic carbocycles. The lowest BCUT2D eigenvalue weighted by atomic mass is 9.64. The largest absolute Gasteiger partial charge is 0.493 e. The van der Waals surface area contributed by atoms with Gasteiger partial charge in [0.15, 0.2) is 11.6 Å². The predicted molar refractivity (Wildman–Crippen MR) is 97.4 cm³/mol. The van der Waals surface area contributed by atoms with Crippen molar-refractivity contribution >= 4 is 5.91 Å². The van der Waals surface area contributed by atoms with Crippen LogP contribution >= 0.6 is 0 Å². The molecule has 27 heavy (non-hydrogen) atoms. The topological polar surface area (TPSA) is 61.5 Å². The fourth-order valence-electron chi connectivity index (χ4n) is 4.23. The Hall–Kier alpha value is -2.47. The minimum Gasteiger partial charge on any atom is -0.493 e. The number of rotatable bonds is 4. The smallest absolute Gasteiger partial charge is 0.249 e. The third-order valence-corrected chi connectivity index (χ3v) is 5.87. The van der Waals surface area contributed by atoms with Crippen LogP contribution in [0, 0.1) is 11.6 Å². The third-order valence-electron chi connectivity index (χ3n) is 5.87. The number of methoxy groups -OCH3 is 1. The zero-order valence-electron chi connectivity index (χ0n) is 15.8. The van der Waals surface area contributed by atoms with Crippen LogP contribution in [0.15, 0.2) is 42.5 Å². The number of amides is 1. The molecule has 2 aromatic carbocycles. The number of benzene rings is 2. The molecule has 0 bridgehead atoms. The molecule has 0 aromatic heterocycles. The number of nitrogens with two attached hydrogens (primary N) is 1. The van der Waals surface area contributed by atoms with Gasteiger partial charge in [0.1, 0.15) is 11.2 Å². The average molecular weight is 375 g/mol. The summed E-state index contributed by atoms with van der Waals surface area (Å²) < 4.78 is 39.7. The molecular formula is C21H23F2NO3. The molecule has 2 aromatic rings. The highest BCUT2D eigenvalue weighted by Crippen LogP contribution is 2.59. The summed E-state index contributed by atoms with van der Waals surface area (Å²) in [4.78, 5) is 12.2. The Balaban J connectivity index is 2.30. The summed E-state index contributed by atoms with van der Waals surface area (Å²) in [6.07, 6.45) is 0.183. The first-order valence-electron chi connectivity index (χ1n) is 8.67. The Morgan fingerprint density at radius 3 is 2.30 bits per heavy atom. The molecule has 1 saturated heterocycles. The molecule has 1 heterocycles. The molecule has 1 fully saturated rings. The van der Waals surface area contributed by atoms with E-state index in [4.69, 9.17) is 15.2 Å². The van der Waals surface area contributed by atoms with Crippen molar-refractivity contribution in [1.29, 1.82) is 0 Å². The summed E-state index contributed by atoms with van der Waals surface area (Å²) in [7, 11) is 1.29. The summed E-state index contributed by atoms with van der Waals surface area (Å²) in [5.74, 6) is -2.89. The number of carbonyl (C=O) groups is 1. The van der Waals surface area contributed by atoms with E-state index < -0.39 is 34.2 Å². The third kappa shape index (κ3) is 2.70. The van der Waals surface area contributed by atoms with E-state index in [1.54, 1.807) is 6.92 Å². The van der Waals surface area contributed by atoms with Gasteiger partial charge in [-0.3, -0.25) is 4.79 Å². The highest BCUT2D eigenvalue weighted by molar-refractivity contribution is 5.84. The molecule has 4 nitrogen and oxygen atoms in total. The van der Waals surface area contributed by atoms with Gasteiger partial charge in [0.05, 0.1) is 7.11 Å². The number of hydrogen-bond donors (Lipinski definition) is 1. The quantitative estimate of drug-likeness (QED) is 0.884. The van der Waals surface area contributed by atoms with Crippen LogP contribution in [0.4, 0.5) is 8.78 Å². The van der Waals surface area contributed by atoms with Gasteiger partial charge in [0.25, 0.3) is 0 Å². The van der Waals surface area contributed by atoms with Crippen LogP contribution in [0.2, 0.25) is 0 Å². The Labute approximate surface area is 157 Å². The standard InChI is InChI=1S/C21H23F2NO3/c1-19(14-10-11-15(22)16(23)17(14)26-4)12-20(2,18(24)25)27-21(19,3)13-8-6-5-7-9-13/h5-11H,12H2,1-4H3,(H2,24,25). The predicted octanol–water partition coefficient (Wildman–Crippen LogP) is 3.81. The van der Waals surface area contributed by atoms with Gasteiger partial charge in [-0.05, 0) is 31.9 Å². The van der Waals surface area contributed by atoms with Crippen LogP contribution in [-0.2, 0) is 20.5 Å². The van der Waals surface area contributed by atoms with E-state index in [2.05, 4.69) is 0 Å². The molecule has 144 valence electrons. The second-order valence-corrected chi connectivity index (χ2v) is 7.55. The summed E-state index contributed by atoms with van der Waals surface area (Å²) in [5.41, 5.74) is 3.60. The van der Waals surface area contributed by atoms with Gasteiger partial charge in [-0.15, -0.1) is 0 Å². The van der Waals surface area contributed by atoms with Crippen LogP contribution < -0.4 is 10.5 Å². The number of hydrogen-bond acceptors (Lipinski definition) is 3. The van der Waals surface area contributed by atoms with Crippen molar-refractivity contribution in [2.75, 3.05) is 7.11 Å². The van der Waals surface area contributed by atoms with E-state index >= 15 is 0 Å². The van der Waals surface area contributed by atoms with Gasteiger partial charge in [0.2, 0.25) is 11.7 Å². The fourth-order valence-corrected chi connectivity index (χ4v) is 4.23.